The maximum Gasteiger partial charge on any atom is 0.472 e. The topological polar surface area (TPSA) is 108 Å². The van der Waals surface area contributed by atoms with Gasteiger partial charge in [0.1, 0.15) is 19.8 Å². The molecule has 0 heterocycles. The number of phosphoric acid groups is 1. The zero-order chi connectivity index (χ0) is 44.3. The minimum atomic E-state index is -4.37. The predicted octanol–water partition coefficient (Wildman–Crippen LogP) is 14.2. The highest BCUT2D eigenvalue weighted by atomic mass is 31.2. The SMILES string of the molecule is CC/C=C\C/C=C\C/C=C\C/C=C\CCCCCCCCCCCCCCCCCCC(=O)OC(COC(=O)CCCCCCCCC)COP(=O)(O)OCC[N+](C)(C)C. The molecule has 1 N–H and O–H groups in total. The van der Waals surface area contributed by atoms with Gasteiger partial charge in [0.2, 0.25) is 0 Å². The Kier molecular flexibility index (Phi) is 40.8. The molecular weight excluding hydrogens is 774 g/mol. The first-order valence-electron chi connectivity index (χ1n) is 24.4. The lowest BCUT2D eigenvalue weighted by Gasteiger charge is -2.24. The Hall–Kier alpha value is -2.03. The summed E-state index contributed by atoms with van der Waals surface area (Å²) in [5, 5.41) is 0. The van der Waals surface area contributed by atoms with Crippen LogP contribution >= 0.6 is 7.82 Å². The normalized spacial score (nSPS) is 13.9. The number of unbranched alkanes of at least 4 members (excludes halogenated alkanes) is 22. The average molecular weight is 867 g/mol. The smallest absolute Gasteiger partial charge is 0.462 e. The third-order valence-corrected chi connectivity index (χ3v) is 11.4. The molecule has 0 rings (SSSR count). The van der Waals surface area contributed by atoms with Gasteiger partial charge in [0.05, 0.1) is 27.7 Å². The van der Waals surface area contributed by atoms with Crippen LogP contribution in [0.3, 0.4) is 0 Å². The summed E-state index contributed by atoms with van der Waals surface area (Å²) in [6.45, 7) is 4.27. The Morgan fingerprint density at radius 2 is 0.950 bits per heavy atom. The van der Waals surface area contributed by atoms with E-state index >= 15 is 0 Å². The van der Waals surface area contributed by atoms with E-state index in [1.807, 2.05) is 21.1 Å². The summed E-state index contributed by atoms with van der Waals surface area (Å²) in [6, 6.07) is 0. The van der Waals surface area contributed by atoms with Crippen molar-refractivity contribution < 1.29 is 42.1 Å². The number of hydrogen-bond acceptors (Lipinski definition) is 7. The van der Waals surface area contributed by atoms with Crippen LogP contribution in [-0.4, -0.2) is 74.9 Å². The van der Waals surface area contributed by atoms with E-state index in [2.05, 4.69) is 62.5 Å². The van der Waals surface area contributed by atoms with Crippen molar-refractivity contribution in [1.82, 2.24) is 0 Å². The molecule has 0 aromatic rings. The van der Waals surface area contributed by atoms with Gasteiger partial charge in [0.25, 0.3) is 0 Å². The predicted molar refractivity (Wildman–Crippen MR) is 252 cm³/mol. The van der Waals surface area contributed by atoms with E-state index in [0.29, 0.717) is 17.4 Å². The van der Waals surface area contributed by atoms with Gasteiger partial charge in [0, 0.05) is 12.8 Å². The van der Waals surface area contributed by atoms with Gasteiger partial charge in [-0.25, -0.2) is 4.57 Å². The van der Waals surface area contributed by atoms with E-state index in [0.717, 1.165) is 57.8 Å². The van der Waals surface area contributed by atoms with Gasteiger partial charge in [-0.1, -0.05) is 191 Å². The van der Waals surface area contributed by atoms with Crippen LogP contribution in [0.2, 0.25) is 0 Å². The van der Waals surface area contributed by atoms with Crippen LogP contribution in [0, 0.1) is 0 Å². The van der Waals surface area contributed by atoms with Crippen LogP contribution in [0.25, 0.3) is 0 Å². The highest BCUT2D eigenvalue weighted by molar-refractivity contribution is 7.47. The number of quaternary nitrogens is 1. The van der Waals surface area contributed by atoms with E-state index in [1.54, 1.807) is 0 Å². The number of allylic oxidation sites excluding steroid dienone is 8. The number of carbonyl (C=O) groups excluding carboxylic acids is 2. The van der Waals surface area contributed by atoms with Gasteiger partial charge >= 0.3 is 19.8 Å². The third-order valence-electron chi connectivity index (χ3n) is 10.4. The Morgan fingerprint density at radius 1 is 0.533 bits per heavy atom. The molecule has 350 valence electrons. The summed E-state index contributed by atoms with van der Waals surface area (Å²) in [5.74, 6) is -0.801. The Morgan fingerprint density at radius 3 is 1.42 bits per heavy atom. The third kappa shape index (κ3) is 45.5. The fraction of sp³-hybridized carbons (Fsp3) is 0.800. The number of phosphoric ester groups is 1. The molecule has 0 aromatic heterocycles. The number of likely N-dealkylation sites (N-methyl/N-ethyl adjacent to an activating group) is 1. The molecule has 0 radical (unpaired) electrons. The largest absolute Gasteiger partial charge is 0.472 e. The zero-order valence-electron chi connectivity index (χ0n) is 39.4. The lowest BCUT2D eigenvalue weighted by Crippen LogP contribution is -2.37. The number of hydrogen-bond donors (Lipinski definition) is 1. The van der Waals surface area contributed by atoms with Gasteiger partial charge in [-0.15, -0.1) is 0 Å². The lowest BCUT2D eigenvalue weighted by molar-refractivity contribution is -0.870. The molecular formula is C50H93NO8P+. The second-order valence-corrected chi connectivity index (χ2v) is 18.9. The summed E-state index contributed by atoms with van der Waals surface area (Å²) < 4.78 is 34.2. The highest BCUT2D eigenvalue weighted by Gasteiger charge is 2.27. The summed E-state index contributed by atoms with van der Waals surface area (Å²) in [7, 11) is 1.48. The summed E-state index contributed by atoms with van der Waals surface area (Å²) in [5.41, 5.74) is 0. The molecule has 0 aliphatic rings. The molecule has 0 aromatic carbocycles. The van der Waals surface area contributed by atoms with Crippen molar-refractivity contribution in [2.24, 2.45) is 0 Å². The van der Waals surface area contributed by atoms with Crippen molar-refractivity contribution in [1.29, 1.82) is 0 Å². The Labute approximate surface area is 369 Å². The van der Waals surface area contributed by atoms with Crippen LogP contribution in [0.4, 0.5) is 0 Å². The molecule has 10 heteroatoms. The Bertz CT molecular complexity index is 1160. The summed E-state index contributed by atoms with van der Waals surface area (Å²) >= 11 is 0. The minimum Gasteiger partial charge on any atom is -0.462 e. The standard InChI is InChI=1S/C50H92NO8P/c1-6-8-10-12-14-15-16-17-18-19-20-21-22-23-24-25-26-27-28-29-30-31-32-33-34-35-37-39-41-43-50(53)59-48(47-58-60(54,55)57-45-44-51(3,4)5)46-56-49(52)42-40-38-36-13-11-9-7-2/h8,10,14-15,17-18,20-21,48H,6-7,9,11-13,16,19,22-47H2,1-5H3/p+1/b10-8-,15-14-,18-17-,21-20-. The molecule has 0 fully saturated rings. The number of nitrogens with zero attached hydrogens (tertiary/aromatic N) is 1. The first-order chi connectivity index (χ1) is 29.0. The zero-order valence-corrected chi connectivity index (χ0v) is 40.3. The number of rotatable bonds is 44. The maximum absolute atomic E-state index is 12.7. The summed E-state index contributed by atoms with van der Waals surface area (Å²) in [4.78, 5) is 35.2. The molecule has 2 unspecified atom stereocenters. The first kappa shape index (κ1) is 58.0. The van der Waals surface area contributed by atoms with Crippen molar-refractivity contribution in [3.05, 3.63) is 48.6 Å². The molecule has 0 saturated heterocycles. The second kappa shape index (κ2) is 42.3. The van der Waals surface area contributed by atoms with Gasteiger partial charge < -0.3 is 18.9 Å². The minimum absolute atomic E-state index is 0.0325. The van der Waals surface area contributed by atoms with Crippen molar-refractivity contribution >= 4 is 19.8 Å². The Balaban J connectivity index is 4.01. The highest BCUT2D eigenvalue weighted by Crippen LogP contribution is 2.43. The van der Waals surface area contributed by atoms with E-state index in [9.17, 15) is 19.0 Å². The summed E-state index contributed by atoms with van der Waals surface area (Å²) in [6.07, 6.45) is 50.6. The monoisotopic (exact) mass is 867 g/mol. The van der Waals surface area contributed by atoms with Gasteiger partial charge in [-0.3, -0.25) is 18.6 Å². The van der Waals surface area contributed by atoms with Crippen molar-refractivity contribution in [2.75, 3.05) is 47.5 Å². The van der Waals surface area contributed by atoms with E-state index in [1.165, 1.54) is 116 Å². The van der Waals surface area contributed by atoms with Crippen molar-refractivity contribution in [2.45, 2.75) is 213 Å². The van der Waals surface area contributed by atoms with Crippen molar-refractivity contribution in [3.8, 4) is 0 Å². The fourth-order valence-electron chi connectivity index (χ4n) is 6.59. The number of carbonyl (C=O) groups is 2. The second-order valence-electron chi connectivity index (χ2n) is 17.5. The van der Waals surface area contributed by atoms with E-state index < -0.39 is 26.5 Å². The molecule has 9 nitrogen and oxygen atoms in total. The van der Waals surface area contributed by atoms with Gasteiger partial charge in [-0.2, -0.15) is 0 Å². The number of ether oxygens (including phenoxy) is 2. The van der Waals surface area contributed by atoms with Crippen LogP contribution in [0.5, 0.6) is 0 Å². The number of esters is 2. The van der Waals surface area contributed by atoms with Gasteiger partial charge in [0.15, 0.2) is 6.10 Å². The fourth-order valence-corrected chi connectivity index (χ4v) is 7.34. The average Bonchev–Trinajstić information content (AvgIpc) is 3.20. The van der Waals surface area contributed by atoms with Crippen LogP contribution < -0.4 is 0 Å². The molecule has 0 aliphatic heterocycles. The van der Waals surface area contributed by atoms with E-state index in [-0.39, 0.29) is 32.0 Å². The van der Waals surface area contributed by atoms with Crippen LogP contribution in [-0.2, 0) is 32.7 Å². The molecule has 0 bridgehead atoms. The lowest BCUT2D eigenvalue weighted by atomic mass is 10.0. The maximum atomic E-state index is 12.7. The quantitative estimate of drug-likeness (QED) is 0.0212. The molecule has 2 atom stereocenters. The van der Waals surface area contributed by atoms with Crippen molar-refractivity contribution in [3.63, 3.8) is 0 Å². The van der Waals surface area contributed by atoms with Crippen LogP contribution in [0.15, 0.2) is 48.6 Å². The van der Waals surface area contributed by atoms with Gasteiger partial charge in [-0.05, 0) is 51.4 Å². The molecule has 0 spiro atoms. The molecule has 0 amide bonds. The molecule has 0 aliphatic carbocycles. The first-order valence-corrected chi connectivity index (χ1v) is 25.9. The van der Waals surface area contributed by atoms with Crippen LogP contribution in [0.1, 0.15) is 206 Å². The van der Waals surface area contributed by atoms with E-state index in [4.69, 9.17) is 18.5 Å². The molecule has 0 saturated carbocycles. The molecule has 60 heavy (non-hydrogen) atoms.